The zero-order chi connectivity index (χ0) is 12.3. The van der Waals surface area contributed by atoms with Crippen LogP contribution in [-0.2, 0) is 0 Å². The van der Waals surface area contributed by atoms with E-state index in [1.807, 2.05) is 25.1 Å². The van der Waals surface area contributed by atoms with Crippen molar-refractivity contribution in [1.29, 1.82) is 0 Å². The molecule has 17 heavy (non-hydrogen) atoms. The van der Waals surface area contributed by atoms with Gasteiger partial charge in [-0.1, -0.05) is 29.8 Å². The fourth-order valence-corrected chi connectivity index (χ4v) is 1.96. The van der Waals surface area contributed by atoms with Crippen LogP contribution >= 0.6 is 11.6 Å². The minimum Gasteiger partial charge on any atom is -0.327 e. The van der Waals surface area contributed by atoms with E-state index in [9.17, 15) is 0 Å². The predicted molar refractivity (Wildman–Crippen MR) is 70.9 cm³/mol. The SMILES string of the molecule is CCN(c1ccccc1)c1cc(Cl)nc(C)n1. The molecule has 0 unspecified atom stereocenters. The number of halogens is 1. The third kappa shape index (κ3) is 2.74. The molecular weight excluding hydrogens is 234 g/mol. The first kappa shape index (κ1) is 11.9. The summed E-state index contributed by atoms with van der Waals surface area (Å²) in [5, 5.41) is 0.474. The minimum absolute atomic E-state index is 0.474. The van der Waals surface area contributed by atoms with Crippen molar-refractivity contribution in [3.8, 4) is 0 Å². The van der Waals surface area contributed by atoms with Gasteiger partial charge in [0.25, 0.3) is 0 Å². The van der Waals surface area contributed by atoms with Gasteiger partial charge in [0.1, 0.15) is 16.8 Å². The normalized spacial score (nSPS) is 10.3. The number of aryl methyl sites for hydroxylation is 1. The molecule has 1 heterocycles. The quantitative estimate of drug-likeness (QED) is 0.776. The van der Waals surface area contributed by atoms with Gasteiger partial charge in [-0.2, -0.15) is 0 Å². The molecule has 0 aliphatic heterocycles. The lowest BCUT2D eigenvalue weighted by Gasteiger charge is -2.22. The van der Waals surface area contributed by atoms with Gasteiger partial charge in [-0.25, -0.2) is 9.97 Å². The highest BCUT2D eigenvalue weighted by atomic mass is 35.5. The molecule has 0 fully saturated rings. The van der Waals surface area contributed by atoms with Crippen molar-refractivity contribution in [1.82, 2.24) is 9.97 Å². The maximum Gasteiger partial charge on any atom is 0.138 e. The van der Waals surface area contributed by atoms with Crippen LogP contribution in [0.4, 0.5) is 11.5 Å². The Morgan fingerprint density at radius 1 is 1.18 bits per heavy atom. The van der Waals surface area contributed by atoms with Crippen LogP contribution in [-0.4, -0.2) is 16.5 Å². The highest BCUT2D eigenvalue weighted by Gasteiger charge is 2.09. The molecule has 2 rings (SSSR count). The van der Waals surface area contributed by atoms with Gasteiger partial charge in [0, 0.05) is 18.3 Å². The maximum absolute atomic E-state index is 5.96. The van der Waals surface area contributed by atoms with Gasteiger partial charge in [0.05, 0.1) is 0 Å². The van der Waals surface area contributed by atoms with Crippen molar-refractivity contribution in [2.75, 3.05) is 11.4 Å². The molecule has 0 amide bonds. The summed E-state index contributed by atoms with van der Waals surface area (Å²) in [5.74, 6) is 1.51. The first-order valence-corrected chi connectivity index (χ1v) is 5.92. The molecule has 0 aliphatic carbocycles. The third-order valence-electron chi connectivity index (χ3n) is 2.45. The largest absolute Gasteiger partial charge is 0.327 e. The summed E-state index contributed by atoms with van der Waals surface area (Å²) in [5.41, 5.74) is 1.10. The standard InChI is InChI=1S/C13H14ClN3/c1-3-17(11-7-5-4-6-8-11)13-9-12(14)15-10(2)16-13/h4-9H,3H2,1-2H3. The van der Waals surface area contributed by atoms with Gasteiger partial charge in [-0.15, -0.1) is 0 Å². The number of rotatable bonds is 3. The molecular formula is C13H14ClN3. The van der Waals surface area contributed by atoms with Gasteiger partial charge in [-0.3, -0.25) is 0 Å². The summed E-state index contributed by atoms with van der Waals surface area (Å²) < 4.78 is 0. The van der Waals surface area contributed by atoms with E-state index >= 15 is 0 Å². The van der Waals surface area contributed by atoms with Crippen LogP contribution in [0.3, 0.4) is 0 Å². The summed E-state index contributed by atoms with van der Waals surface area (Å²) >= 11 is 5.96. The van der Waals surface area contributed by atoms with Crippen molar-refractivity contribution >= 4 is 23.1 Å². The summed E-state index contributed by atoms with van der Waals surface area (Å²) in [6.07, 6.45) is 0. The molecule has 2 aromatic rings. The van der Waals surface area contributed by atoms with Crippen LogP contribution in [0.25, 0.3) is 0 Å². The molecule has 0 atom stereocenters. The Hall–Kier alpha value is -1.61. The molecule has 4 heteroatoms. The molecule has 0 spiro atoms. The Labute approximate surface area is 106 Å². The van der Waals surface area contributed by atoms with E-state index in [0.29, 0.717) is 11.0 Å². The van der Waals surface area contributed by atoms with Gasteiger partial charge >= 0.3 is 0 Å². The molecule has 0 N–H and O–H groups in total. The first-order chi connectivity index (χ1) is 8.20. The number of hydrogen-bond donors (Lipinski definition) is 0. The molecule has 0 saturated heterocycles. The van der Waals surface area contributed by atoms with Crippen molar-refractivity contribution in [2.24, 2.45) is 0 Å². The zero-order valence-corrected chi connectivity index (χ0v) is 10.6. The van der Waals surface area contributed by atoms with Crippen LogP contribution in [0.1, 0.15) is 12.7 Å². The Kier molecular flexibility index (Phi) is 3.59. The number of benzene rings is 1. The van der Waals surface area contributed by atoms with Crippen molar-refractivity contribution < 1.29 is 0 Å². The van der Waals surface area contributed by atoms with E-state index in [-0.39, 0.29) is 0 Å². The van der Waals surface area contributed by atoms with Gasteiger partial charge in [0.2, 0.25) is 0 Å². The van der Waals surface area contributed by atoms with E-state index in [1.165, 1.54) is 0 Å². The fourth-order valence-electron chi connectivity index (χ4n) is 1.74. The van der Waals surface area contributed by atoms with Crippen LogP contribution in [0.15, 0.2) is 36.4 Å². The Bertz CT molecular complexity index is 479. The van der Waals surface area contributed by atoms with E-state index in [1.54, 1.807) is 6.07 Å². The lowest BCUT2D eigenvalue weighted by molar-refractivity contribution is 0.951. The molecule has 0 aliphatic rings. The summed E-state index contributed by atoms with van der Waals surface area (Å²) in [6.45, 7) is 4.75. The Morgan fingerprint density at radius 3 is 2.47 bits per heavy atom. The van der Waals surface area contributed by atoms with E-state index < -0.39 is 0 Å². The first-order valence-electron chi connectivity index (χ1n) is 5.54. The van der Waals surface area contributed by atoms with Crippen molar-refractivity contribution in [2.45, 2.75) is 13.8 Å². The predicted octanol–water partition coefficient (Wildman–Crippen LogP) is 3.60. The summed E-state index contributed by atoms with van der Waals surface area (Å²) in [6, 6.07) is 11.9. The number of hydrogen-bond acceptors (Lipinski definition) is 3. The lowest BCUT2D eigenvalue weighted by atomic mass is 10.3. The monoisotopic (exact) mass is 247 g/mol. The molecule has 1 aromatic carbocycles. The van der Waals surface area contributed by atoms with Gasteiger partial charge < -0.3 is 4.90 Å². The summed E-state index contributed by atoms with van der Waals surface area (Å²) in [4.78, 5) is 10.6. The van der Waals surface area contributed by atoms with Crippen LogP contribution in [0.2, 0.25) is 5.15 Å². The molecule has 1 aromatic heterocycles. The second-order valence-corrected chi connectivity index (χ2v) is 4.06. The smallest absolute Gasteiger partial charge is 0.138 e. The van der Waals surface area contributed by atoms with Crippen molar-refractivity contribution in [3.05, 3.63) is 47.4 Å². The molecule has 0 saturated carbocycles. The van der Waals surface area contributed by atoms with Crippen molar-refractivity contribution in [3.63, 3.8) is 0 Å². The highest BCUT2D eigenvalue weighted by Crippen LogP contribution is 2.24. The van der Waals surface area contributed by atoms with Crippen LogP contribution in [0, 0.1) is 6.92 Å². The molecule has 0 bridgehead atoms. The van der Waals surface area contributed by atoms with Gasteiger partial charge in [0.15, 0.2) is 0 Å². The summed E-state index contributed by atoms with van der Waals surface area (Å²) in [7, 11) is 0. The lowest BCUT2D eigenvalue weighted by Crippen LogP contribution is -2.17. The molecule has 3 nitrogen and oxygen atoms in total. The molecule has 88 valence electrons. The molecule has 0 radical (unpaired) electrons. The minimum atomic E-state index is 0.474. The van der Waals surface area contributed by atoms with E-state index in [0.717, 1.165) is 18.1 Å². The van der Waals surface area contributed by atoms with Crippen LogP contribution in [0.5, 0.6) is 0 Å². The zero-order valence-electron chi connectivity index (χ0n) is 9.89. The van der Waals surface area contributed by atoms with E-state index in [2.05, 4.69) is 33.9 Å². The average Bonchev–Trinajstić information content (AvgIpc) is 2.30. The Morgan fingerprint density at radius 2 is 1.88 bits per heavy atom. The fraction of sp³-hybridized carbons (Fsp3) is 0.231. The average molecular weight is 248 g/mol. The maximum atomic E-state index is 5.96. The number of para-hydroxylation sites is 1. The number of aromatic nitrogens is 2. The Balaban J connectivity index is 2.42. The second kappa shape index (κ2) is 5.15. The number of anilines is 2. The van der Waals surface area contributed by atoms with E-state index in [4.69, 9.17) is 11.6 Å². The van der Waals surface area contributed by atoms with Crippen LogP contribution < -0.4 is 4.90 Å². The number of nitrogens with zero attached hydrogens (tertiary/aromatic N) is 3. The third-order valence-corrected chi connectivity index (χ3v) is 2.65. The topological polar surface area (TPSA) is 29.0 Å². The second-order valence-electron chi connectivity index (χ2n) is 3.68. The highest BCUT2D eigenvalue weighted by molar-refractivity contribution is 6.29. The van der Waals surface area contributed by atoms with Gasteiger partial charge in [-0.05, 0) is 26.0 Å².